The highest BCUT2D eigenvalue weighted by Crippen LogP contribution is 2.28. The smallest absolute Gasteiger partial charge is 0.251 e. The van der Waals surface area contributed by atoms with E-state index < -0.39 is 15.9 Å². The second-order valence-corrected chi connectivity index (χ2v) is 9.83. The highest BCUT2D eigenvalue weighted by atomic mass is 35.5. The molecule has 1 atom stereocenters. The number of sulfonamides is 1. The van der Waals surface area contributed by atoms with E-state index in [1.54, 1.807) is 25.1 Å². The molecule has 162 valence electrons. The minimum absolute atomic E-state index is 0.0493. The Bertz CT molecular complexity index is 1040. The number of hydrogen-bond donors (Lipinski definition) is 2. The van der Waals surface area contributed by atoms with Crippen molar-refractivity contribution < 1.29 is 17.9 Å². The summed E-state index contributed by atoms with van der Waals surface area (Å²) in [6.07, 6.45) is 3.62. The third-order valence-electron chi connectivity index (χ3n) is 5.18. The molecule has 0 heterocycles. The first-order valence-corrected chi connectivity index (χ1v) is 11.9. The van der Waals surface area contributed by atoms with Crippen LogP contribution in [0.25, 0.3) is 0 Å². The zero-order valence-corrected chi connectivity index (χ0v) is 19.1. The molecule has 2 N–H and O–H groups in total. The van der Waals surface area contributed by atoms with Gasteiger partial charge in [-0.3, -0.25) is 4.79 Å². The fraction of sp³-hybridized carbons (Fsp3) is 0.381. The quantitative estimate of drug-likeness (QED) is 0.613. The van der Waals surface area contributed by atoms with Crippen LogP contribution in [0.1, 0.15) is 54.6 Å². The van der Waals surface area contributed by atoms with E-state index in [1.165, 1.54) is 25.3 Å². The molecule has 2 aromatic rings. The van der Waals surface area contributed by atoms with Gasteiger partial charge in [0.05, 0.1) is 23.2 Å². The third kappa shape index (κ3) is 5.27. The largest absolute Gasteiger partial charge is 0.495 e. The van der Waals surface area contributed by atoms with Crippen molar-refractivity contribution in [3.05, 3.63) is 57.6 Å². The average molecular weight is 471 g/mol. The summed E-state index contributed by atoms with van der Waals surface area (Å²) in [4.78, 5) is 12.7. The van der Waals surface area contributed by atoms with E-state index in [9.17, 15) is 13.2 Å². The lowest BCUT2D eigenvalue weighted by atomic mass is 10.1. The van der Waals surface area contributed by atoms with Crippen molar-refractivity contribution in [1.29, 1.82) is 0 Å². The molecule has 0 bridgehead atoms. The molecule has 3 rings (SSSR count). The zero-order valence-electron chi connectivity index (χ0n) is 16.7. The zero-order chi connectivity index (χ0) is 21.9. The van der Waals surface area contributed by atoms with E-state index in [0.717, 1.165) is 31.2 Å². The van der Waals surface area contributed by atoms with E-state index in [-0.39, 0.29) is 28.3 Å². The van der Waals surface area contributed by atoms with Crippen LogP contribution < -0.4 is 14.8 Å². The van der Waals surface area contributed by atoms with Crippen molar-refractivity contribution >= 4 is 39.1 Å². The van der Waals surface area contributed by atoms with Gasteiger partial charge in [-0.25, -0.2) is 13.1 Å². The molecule has 1 fully saturated rings. The molecule has 1 aliphatic carbocycles. The van der Waals surface area contributed by atoms with Gasteiger partial charge in [0.25, 0.3) is 5.91 Å². The van der Waals surface area contributed by atoms with Crippen LogP contribution in [0.2, 0.25) is 10.0 Å². The van der Waals surface area contributed by atoms with Gasteiger partial charge >= 0.3 is 0 Å². The first-order valence-electron chi connectivity index (χ1n) is 9.67. The van der Waals surface area contributed by atoms with Gasteiger partial charge in [-0.05, 0) is 55.7 Å². The Morgan fingerprint density at radius 1 is 1.10 bits per heavy atom. The third-order valence-corrected chi connectivity index (χ3v) is 7.46. The monoisotopic (exact) mass is 470 g/mol. The molecule has 6 nitrogen and oxygen atoms in total. The minimum Gasteiger partial charge on any atom is -0.495 e. The van der Waals surface area contributed by atoms with Crippen molar-refractivity contribution in [1.82, 2.24) is 10.0 Å². The van der Waals surface area contributed by atoms with Crippen molar-refractivity contribution in [2.75, 3.05) is 7.11 Å². The summed E-state index contributed by atoms with van der Waals surface area (Å²) < 4.78 is 33.8. The molecule has 30 heavy (non-hydrogen) atoms. The first-order chi connectivity index (χ1) is 14.2. The van der Waals surface area contributed by atoms with Gasteiger partial charge in [0.2, 0.25) is 10.0 Å². The lowest BCUT2D eigenvalue weighted by Gasteiger charge is -2.17. The molecule has 1 aliphatic rings. The first kappa shape index (κ1) is 22.9. The second kappa shape index (κ2) is 9.56. The highest BCUT2D eigenvalue weighted by molar-refractivity contribution is 7.89. The Labute approximate surface area is 187 Å². The van der Waals surface area contributed by atoms with Crippen molar-refractivity contribution in [3.63, 3.8) is 0 Å². The molecule has 0 saturated heterocycles. The molecule has 1 amide bonds. The molecule has 2 aromatic carbocycles. The van der Waals surface area contributed by atoms with Crippen LogP contribution in [0.5, 0.6) is 5.75 Å². The van der Waals surface area contributed by atoms with E-state index in [4.69, 9.17) is 27.9 Å². The number of carbonyl (C=O) groups is 1. The van der Waals surface area contributed by atoms with Crippen molar-refractivity contribution in [2.45, 2.75) is 49.6 Å². The van der Waals surface area contributed by atoms with Crippen LogP contribution in [0.3, 0.4) is 0 Å². The number of benzene rings is 2. The number of rotatable bonds is 7. The van der Waals surface area contributed by atoms with Crippen LogP contribution >= 0.6 is 23.2 Å². The number of halogens is 2. The fourth-order valence-corrected chi connectivity index (χ4v) is 5.31. The van der Waals surface area contributed by atoms with Gasteiger partial charge in [0.15, 0.2) is 0 Å². The van der Waals surface area contributed by atoms with Crippen LogP contribution in [-0.4, -0.2) is 27.5 Å². The maximum absolute atomic E-state index is 12.9. The number of methoxy groups -OCH3 is 1. The van der Waals surface area contributed by atoms with Gasteiger partial charge in [-0.15, -0.1) is 0 Å². The Morgan fingerprint density at radius 2 is 1.80 bits per heavy atom. The van der Waals surface area contributed by atoms with E-state index >= 15 is 0 Å². The average Bonchev–Trinajstić information content (AvgIpc) is 3.21. The summed E-state index contributed by atoms with van der Waals surface area (Å²) in [5.74, 6) is -0.219. The van der Waals surface area contributed by atoms with E-state index in [1.807, 2.05) is 0 Å². The number of hydrogen-bond acceptors (Lipinski definition) is 4. The van der Waals surface area contributed by atoms with E-state index in [0.29, 0.717) is 10.0 Å². The summed E-state index contributed by atoms with van der Waals surface area (Å²) in [6.45, 7) is 1.81. The Morgan fingerprint density at radius 3 is 2.43 bits per heavy atom. The van der Waals surface area contributed by atoms with Crippen molar-refractivity contribution in [2.24, 2.45) is 0 Å². The number of carbonyl (C=O) groups excluding carboxylic acids is 1. The van der Waals surface area contributed by atoms with Gasteiger partial charge in [-0.1, -0.05) is 42.1 Å². The van der Waals surface area contributed by atoms with Gasteiger partial charge < -0.3 is 10.1 Å². The Kier molecular flexibility index (Phi) is 7.29. The lowest BCUT2D eigenvalue weighted by molar-refractivity contribution is 0.0939. The molecule has 9 heteroatoms. The number of ether oxygens (including phenoxy) is 1. The van der Waals surface area contributed by atoms with Gasteiger partial charge in [0, 0.05) is 11.6 Å². The molecule has 0 aliphatic heterocycles. The maximum atomic E-state index is 12.9. The SMILES string of the molecule is COc1ccc(C(=O)NC(C)c2ccc(Cl)c(Cl)c2)cc1S(=O)(=O)NC1CCCC1. The summed E-state index contributed by atoms with van der Waals surface area (Å²) in [7, 11) is -2.42. The molecule has 1 saturated carbocycles. The van der Waals surface area contributed by atoms with E-state index in [2.05, 4.69) is 10.0 Å². The topological polar surface area (TPSA) is 84.5 Å². The van der Waals surface area contributed by atoms with Crippen LogP contribution in [0.15, 0.2) is 41.3 Å². The Hall–Kier alpha value is -1.80. The van der Waals surface area contributed by atoms with Gasteiger partial charge in [-0.2, -0.15) is 0 Å². The summed E-state index contributed by atoms with van der Waals surface area (Å²) in [6, 6.07) is 9.03. The van der Waals surface area contributed by atoms with Crippen molar-refractivity contribution in [3.8, 4) is 5.75 Å². The normalized spacial score (nSPS) is 15.7. The highest BCUT2D eigenvalue weighted by Gasteiger charge is 2.27. The summed E-state index contributed by atoms with van der Waals surface area (Å²) in [5, 5.41) is 3.68. The molecule has 1 unspecified atom stereocenters. The molecule has 0 aromatic heterocycles. The molecule has 0 spiro atoms. The predicted molar refractivity (Wildman–Crippen MR) is 118 cm³/mol. The predicted octanol–water partition coefficient (Wildman–Crippen LogP) is 4.71. The summed E-state index contributed by atoms with van der Waals surface area (Å²) >= 11 is 12.0. The number of amides is 1. The fourth-order valence-electron chi connectivity index (χ4n) is 3.50. The van der Waals surface area contributed by atoms with Crippen LogP contribution in [0.4, 0.5) is 0 Å². The van der Waals surface area contributed by atoms with Crippen LogP contribution in [-0.2, 0) is 10.0 Å². The maximum Gasteiger partial charge on any atom is 0.251 e. The second-order valence-electron chi connectivity index (χ2n) is 7.34. The van der Waals surface area contributed by atoms with Gasteiger partial charge in [0.1, 0.15) is 10.6 Å². The molecular weight excluding hydrogens is 447 g/mol. The lowest BCUT2D eigenvalue weighted by Crippen LogP contribution is -2.33. The van der Waals surface area contributed by atoms with Crippen LogP contribution in [0, 0.1) is 0 Å². The Balaban J connectivity index is 1.82. The number of nitrogens with one attached hydrogen (secondary N) is 2. The molecular formula is C21H24Cl2N2O4S. The molecule has 0 radical (unpaired) electrons. The minimum atomic E-state index is -3.82. The standard InChI is InChI=1S/C21H24Cl2N2O4S/c1-13(14-7-9-17(22)18(23)11-14)24-21(26)15-8-10-19(29-2)20(12-15)30(27,28)25-16-5-3-4-6-16/h7-13,16,25H,3-6H2,1-2H3,(H,24,26). The summed E-state index contributed by atoms with van der Waals surface area (Å²) in [5.41, 5.74) is 0.997.